The highest BCUT2D eigenvalue weighted by Gasteiger charge is 2.19. The number of nitrogens with one attached hydrogen (secondary N) is 1. The molecule has 3 N–H and O–H groups in total. The first-order valence-electron chi connectivity index (χ1n) is 5.88. The van der Waals surface area contributed by atoms with Crippen LogP contribution in [0.4, 0.5) is 0 Å². The Labute approximate surface area is 107 Å². The second-order valence-electron chi connectivity index (χ2n) is 4.12. The Balaban J connectivity index is 2.65. The van der Waals surface area contributed by atoms with E-state index in [1.54, 1.807) is 18.2 Å². The fraction of sp³-hybridized carbons (Fsp3) is 0.357. The van der Waals surface area contributed by atoms with Crippen LogP contribution in [0.25, 0.3) is 6.08 Å². The molecule has 18 heavy (non-hydrogen) atoms. The van der Waals surface area contributed by atoms with Gasteiger partial charge in [0.05, 0.1) is 6.10 Å². The fourth-order valence-corrected chi connectivity index (χ4v) is 1.73. The highest BCUT2D eigenvalue weighted by atomic mass is 16.3. The van der Waals surface area contributed by atoms with Crippen molar-refractivity contribution >= 4 is 12.0 Å². The minimum Gasteiger partial charge on any atom is -0.390 e. The first-order valence-corrected chi connectivity index (χ1v) is 5.88. The molecule has 0 aromatic heterocycles. The lowest BCUT2D eigenvalue weighted by Crippen LogP contribution is -2.27. The summed E-state index contributed by atoms with van der Waals surface area (Å²) < 4.78 is 0. The zero-order valence-corrected chi connectivity index (χ0v) is 10.5. The van der Waals surface area contributed by atoms with Crippen molar-refractivity contribution in [3.8, 4) is 0 Å². The Kier molecular flexibility index (Phi) is 5.55. The van der Waals surface area contributed by atoms with E-state index in [0.29, 0.717) is 18.5 Å². The molecule has 0 heterocycles. The second kappa shape index (κ2) is 6.93. The molecule has 0 saturated heterocycles. The van der Waals surface area contributed by atoms with Crippen LogP contribution in [0, 0.1) is 0 Å². The number of amides is 1. The highest BCUT2D eigenvalue weighted by molar-refractivity contribution is 5.72. The molecule has 1 rings (SSSR count). The summed E-state index contributed by atoms with van der Waals surface area (Å²) in [6.45, 7) is 5.42. The SMILES string of the molecule is C=Cc1ccccc1C(O)C(O)CCNC(C)=O. The van der Waals surface area contributed by atoms with E-state index in [1.807, 2.05) is 12.1 Å². The molecule has 0 aliphatic rings. The number of hydrogen-bond acceptors (Lipinski definition) is 3. The van der Waals surface area contributed by atoms with Crippen LogP contribution in [-0.2, 0) is 4.79 Å². The molecular weight excluding hydrogens is 230 g/mol. The quantitative estimate of drug-likeness (QED) is 0.710. The maximum absolute atomic E-state index is 10.7. The van der Waals surface area contributed by atoms with E-state index in [0.717, 1.165) is 5.56 Å². The lowest BCUT2D eigenvalue weighted by molar-refractivity contribution is -0.119. The van der Waals surface area contributed by atoms with Crippen LogP contribution in [0.2, 0.25) is 0 Å². The molecule has 4 heteroatoms. The van der Waals surface area contributed by atoms with E-state index >= 15 is 0 Å². The Hall–Kier alpha value is -1.65. The largest absolute Gasteiger partial charge is 0.390 e. The van der Waals surface area contributed by atoms with E-state index < -0.39 is 12.2 Å². The second-order valence-corrected chi connectivity index (χ2v) is 4.12. The van der Waals surface area contributed by atoms with Crippen LogP contribution in [0.15, 0.2) is 30.8 Å². The molecule has 0 fully saturated rings. The smallest absolute Gasteiger partial charge is 0.216 e. The fourth-order valence-electron chi connectivity index (χ4n) is 1.73. The van der Waals surface area contributed by atoms with Crippen molar-refractivity contribution in [2.45, 2.75) is 25.6 Å². The van der Waals surface area contributed by atoms with E-state index in [9.17, 15) is 15.0 Å². The van der Waals surface area contributed by atoms with Crippen molar-refractivity contribution in [1.82, 2.24) is 5.32 Å². The molecule has 0 aliphatic carbocycles. The normalized spacial score (nSPS) is 13.7. The summed E-state index contributed by atoms with van der Waals surface area (Å²) in [6, 6.07) is 7.22. The molecule has 0 saturated carbocycles. The van der Waals surface area contributed by atoms with Crippen molar-refractivity contribution < 1.29 is 15.0 Å². The van der Waals surface area contributed by atoms with Crippen LogP contribution < -0.4 is 5.32 Å². The number of aliphatic hydroxyl groups excluding tert-OH is 2. The average Bonchev–Trinajstić information content (AvgIpc) is 2.37. The van der Waals surface area contributed by atoms with Gasteiger partial charge in [-0.2, -0.15) is 0 Å². The number of benzene rings is 1. The summed E-state index contributed by atoms with van der Waals surface area (Å²) in [6.07, 6.45) is 0.0385. The Morgan fingerprint density at radius 1 is 1.44 bits per heavy atom. The molecule has 0 aliphatic heterocycles. The highest BCUT2D eigenvalue weighted by Crippen LogP contribution is 2.23. The zero-order valence-electron chi connectivity index (χ0n) is 10.5. The average molecular weight is 249 g/mol. The molecule has 0 spiro atoms. The standard InChI is InChI=1S/C14H19NO3/c1-3-11-6-4-5-7-12(11)14(18)13(17)8-9-15-10(2)16/h3-7,13-14,17-18H,1,8-9H2,2H3,(H,15,16). The summed E-state index contributed by atoms with van der Waals surface area (Å²) in [5.74, 6) is -0.150. The molecule has 4 nitrogen and oxygen atoms in total. The summed E-state index contributed by atoms with van der Waals surface area (Å²) in [5, 5.41) is 22.5. The van der Waals surface area contributed by atoms with Crippen LogP contribution in [0.3, 0.4) is 0 Å². The maximum atomic E-state index is 10.7. The Morgan fingerprint density at radius 2 is 2.11 bits per heavy atom. The van der Waals surface area contributed by atoms with Gasteiger partial charge in [-0.05, 0) is 17.5 Å². The molecule has 2 unspecified atom stereocenters. The van der Waals surface area contributed by atoms with Gasteiger partial charge in [-0.15, -0.1) is 0 Å². The van der Waals surface area contributed by atoms with Crippen LogP contribution in [0.1, 0.15) is 30.6 Å². The number of hydrogen-bond donors (Lipinski definition) is 3. The Bertz CT molecular complexity index is 417. The third-order valence-corrected chi connectivity index (χ3v) is 2.71. The first-order chi connectivity index (χ1) is 8.56. The maximum Gasteiger partial charge on any atom is 0.216 e. The molecule has 0 radical (unpaired) electrons. The molecule has 98 valence electrons. The van der Waals surface area contributed by atoms with Gasteiger partial charge in [0.15, 0.2) is 0 Å². The van der Waals surface area contributed by atoms with Gasteiger partial charge in [-0.3, -0.25) is 4.79 Å². The summed E-state index contributed by atoms with van der Waals surface area (Å²) in [5.41, 5.74) is 1.44. The van der Waals surface area contributed by atoms with Crippen molar-refractivity contribution in [2.75, 3.05) is 6.54 Å². The van der Waals surface area contributed by atoms with Gasteiger partial charge < -0.3 is 15.5 Å². The monoisotopic (exact) mass is 249 g/mol. The van der Waals surface area contributed by atoms with Crippen LogP contribution in [0.5, 0.6) is 0 Å². The van der Waals surface area contributed by atoms with Gasteiger partial charge in [0.25, 0.3) is 0 Å². The summed E-state index contributed by atoms with van der Waals surface area (Å²) in [4.78, 5) is 10.7. The van der Waals surface area contributed by atoms with Gasteiger partial charge in [-0.25, -0.2) is 0 Å². The van der Waals surface area contributed by atoms with Crippen molar-refractivity contribution in [3.63, 3.8) is 0 Å². The number of rotatable bonds is 6. The molecular formula is C14H19NO3. The molecule has 1 aromatic rings. The third kappa shape index (κ3) is 3.98. The Morgan fingerprint density at radius 3 is 2.72 bits per heavy atom. The topological polar surface area (TPSA) is 69.6 Å². The number of carbonyl (C=O) groups is 1. The lowest BCUT2D eigenvalue weighted by atomic mass is 9.97. The predicted octanol–water partition coefficient (Wildman–Crippen LogP) is 1.25. The van der Waals surface area contributed by atoms with Gasteiger partial charge in [-0.1, -0.05) is 36.9 Å². The summed E-state index contributed by atoms with van der Waals surface area (Å²) in [7, 11) is 0. The van der Waals surface area contributed by atoms with Gasteiger partial charge >= 0.3 is 0 Å². The van der Waals surface area contributed by atoms with E-state index in [-0.39, 0.29) is 5.91 Å². The number of carbonyl (C=O) groups excluding carboxylic acids is 1. The van der Waals surface area contributed by atoms with Gasteiger partial charge in [0.1, 0.15) is 6.10 Å². The minimum atomic E-state index is -0.979. The van der Waals surface area contributed by atoms with Crippen molar-refractivity contribution in [1.29, 1.82) is 0 Å². The summed E-state index contributed by atoms with van der Waals surface area (Å²) >= 11 is 0. The van der Waals surface area contributed by atoms with Crippen molar-refractivity contribution in [3.05, 3.63) is 42.0 Å². The first kappa shape index (κ1) is 14.4. The van der Waals surface area contributed by atoms with E-state index in [2.05, 4.69) is 11.9 Å². The molecule has 1 aromatic carbocycles. The number of aliphatic hydroxyl groups is 2. The minimum absolute atomic E-state index is 0.150. The van der Waals surface area contributed by atoms with Gasteiger partial charge in [0, 0.05) is 13.5 Å². The van der Waals surface area contributed by atoms with Gasteiger partial charge in [0.2, 0.25) is 5.91 Å². The van der Waals surface area contributed by atoms with Crippen molar-refractivity contribution in [2.24, 2.45) is 0 Å². The van der Waals surface area contributed by atoms with Crippen LogP contribution in [-0.4, -0.2) is 28.8 Å². The predicted molar refractivity (Wildman–Crippen MR) is 70.8 cm³/mol. The molecule has 0 bridgehead atoms. The van der Waals surface area contributed by atoms with E-state index in [1.165, 1.54) is 6.92 Å². The van der Waals surface area contributed by atoms with E-state index in [4.69, 9.17) is 0 Å². The molecule has 2 atom stereocenters. The zero-order chi connectivity index (χ0) is 13.5. The molecule has 1 amide bonds. The third-order valence-electron chi connectivity index (χ3n) is 2.71. The lowest BCUT2D eigenvalue weighted by Gasteiger charge is -2.20. The van der Waals surface area contributed by atoms with Crippen LogP contribution >= 0.6 is 0 Å².